The average Bonchev–Trinajstić information content (AvgIpc) is 3.06. The van der Waals surface area contributed by atoms with E-state index in [0.717, 1.165) is 32.5 Å². The Hall–Kier alpha value is -0.660. The normalized spacial score (nSPS) is 24.0. The quantitative estimate of drug-likeness (QED) is 0.686. The zero-order valence-corrected chi connectivity index (χ0v) is 15.0. The van der Waals surface area contributed by atoms with Crippen molar-refractivity contribution in [1.29, 1.82) is 0 Å². The van der Waals surface area contributed by atoms with Crippen molar-refractivity contribution in [3.05, 3.63) is 0 Å². The van der Waals surface area contributed by atoms with Gasteiger partial charge in [0.15, 0.2) is 0 Å². The molecule has 0 saturated carbocycles. The van der Waals surface area contributed by atoms with Gasteiger partial charge >= 0.3 is 0 Å². The Labute approximate surface area is 140 Å². The van der Waals surface area contributed by atoms with E-state index in [1.807, 2.05) is 6.92 Å². The van der Waals surface area contributed by atoms with Crippen LogP contribution in [0.15, 0.2) is 0 Å². The number of hydrogen-bond acceptors (Lipinski definition) is 4. The Morgan fingerprint density at radius 2 is 2.00 bits per heavy atom. The maximum absolute atomic E-state index is 12.2. The van der Waals surface area contributed by atoms with E-state index < -0.39 is 10.0 Å². The van der Waals surface area contributed by atoms with E-state index in [1.165, 1.54) is 6.42 Å². The predicted octanol–water partition coefficient (Wildman–Crippen LogP) is 0.944. The highest BCUT2D eigenvalue weighted by molar-refractivity contribution is 7.89. The van der Waals surface area contributed by atoms with Crippen LogP contribution in [-0.4, -0.2) is 57.1 Å². The highest BCUT2D eigenvalue weighted by Crippen LogP contribution is 2.21. The van der Waals surface area contributed by atoms with Crippen LogP contribution in [0.25, 0.3) is 0 Å². The van der Waals surface area contributed by atoms with Gasteiger partial charge in [-0.1, -0.05) is 13.3 Å². The average molecular weight is 346 g/mol. The Morgan fingerprint density at radius 1 is 1.26 bits per heavy atom. The fourth-order valence-electron chi connectivity index (χ4n) is 3.36. The summed E-state index contributed by atoms with van der Waals surface area (Å²) in [5.74, 6) is 0.979. The molecule has 2 aliphatic heterocycles. The van der Waals surface area contributed by atoms with Gasteiger partial charge in [0.05, 0.1) is 5.75 Å². The lowest BCUT2D eigenvalue weighted by atomic mass is 9.97. The number of hydrogen-bond donors (Lipinski definition) is 2. The monoisotopic (exact) mass is 345 g/mol. The zero-order valence-electron chi connectivity index (χ0n) is 14.2. The molecule has 0 aliphatic carbocycles. The maximum Gasteiger partial charge on any atom is 0.223 e. The fraction of sp³-hybridized carbons (Fsp3) is 0.938. The van der Waals surface area contributed by atoms with E-state index in [1.54, 1.807) is 4.31 Å². The van der Waals surface area contributed by atoms with E-state index in [2.05, 4.69) is 10.6 Å². The van der Waals surface area contributed by atoms with E-state index in [-0.39, 0.29) is 17.6 Å². The topological polar surface area (TPSA) is 78.5 Å². The smallest absolute Gasteiger partial charge is 0.223 e. The highest BCUT2D eigenvalue weighted by Gasteiger charge is 2.30. The number of nitrogens with one attached hydrogen (secondary N) is 2. The summed E-state index contributed by atoms with van der Waals surface area (Å²) in [5.41, 5.74) is 0. The molecule has 2 saturated heterocycles. The molecule has 2 N–H and O–H groups in total. The molecule has 2 heterocycles. The van der Waals surface area contributed by atoms with Crippen LogP contribution in [-0.2, 0) is 14.8 Å². The van der Waals surface area contributed by atoms with Crippen LogP contribution in [0.2, 0.25) is 0 Å². The molecule has 1 amide bonds. The number of nitrogens with zero attached hydrogens (tertiary/aromatic N) is 1. The van der Waals surface area contributed by atoms with E-state index in [0.29, 0.717) is 38.3 Å². The first-order valence-corrected chi connectivity index (χ1v) is 10.6. The van der Waals surface area contributed by atoms with Gasteiger partial charge in [0.2, 0.25) is 15.9 Å². The number of piperidine rings is 1. The van der Waals surface area contributed by atoms with Crippen molar-refractivity contribution in [2.75, 3.05) is 38.5 Å². The Morgan fingerprint density at radius 3 is 2.61 bits per heavy atom. The molecule has 6 nitrogen and oxygen atoms in total. The molecule has 7 heteroatoms. The Balaban J connectivity index is 1.67. The summed E-state index contributed by atoms with van der Waals surface area (Å²) >= 11 is 0. The van der Waals surface area contributed by atoms with Crippen molar-refractivity contribution < 1.29 is 13.2 Å². The minimum Gasteiger partial charge on any atom is -0.356 e. The molecule has 1 unspecified atom stereocenters. The maximum atomic E-state index is 12.2. The molecule has 0 bridgehead atoms. The molecule has 0 aromatic heterocycles. The SMILES string of the molecule is CCCCS(=O)(=O)N1CCC(C(=O)NCCC2CCNC2)CC1. The second kappa shape index (κ2) is 8.99. The summed E-state index contributed by atoms with van der Waals surface area (Å²) in [7, 11) is -3.13. The summed E-state index contributed by atoms with van der Waals surface area (Å²) in [5, 5.41) is 6.36. The summed E-state index contributed by atoms with van der Waals surface area (Å²) in [6, 6.07) is 0. The summed E-state index contributed by atoms with van der Waals surface area (Å²) < 4.78 is 25.9. The zero-order chi connectivity index (χ0) is 16.7. The molecule has 2 rings (SSSR count). The third-order valence-electron chi connectivity index (χ3n) is 4.99. The van der Waals surface area contributed by atoms with Crippen molar-refractivity contribution in [2.45, 2.75) is 45.4 Å². The summed E-state index contributed by atoms with van der Waals surface area (Å²) in [4.78, 5) is 12.2. The molecular formula is C16H31N3O3S. The van der Waals surface area contributed by atoms with Gasteiger partial charge in [-0.25, -0.2) is 12.7 Å². The fourth-order valence-corrected chi connectivity index (χ4v) is 5.04. The molecule has 23 heavy (non-hydrogen) atoms. The number of unbranched alkanes of at least 4 members (excludes halogenated alkanes) is 1. The number of carbonyl (C=O) groups excluding carboxylic acids is 1. The number of rotatable bonds is 8. The van der Waals surface area contributed by atoms with Crippen molar-refractivity contribution >= 4 is 15.9 Å². The molecular weight excluding hydrogens is 314 g/mol. The van der Waals surface area contributed by atoms with Crippen LogP contribution in [0.3, 0.4) is 0 Å². The van der Waals surface area contributed by atoms with E-state index in [9.17, 15) is 13.2 Å². The van der Waals surface area contributed by atoms with Gasteiger partial charge in [0.25, 0.3) is 0 Å². The first kappa shape index (κ1) is 18.7. The van der Waals surface area contributed by atoms with Gasteiger partial charge in [-0.3, -0.25) is 4.79 Å². The highest BCUT2D eigenvalue weighted by atomic mass is 32.2. The van der Waals surface area contributed by atoms with E-state index in [4.69, 9.17) is 0 Å². The van der Waals surface area contributed by atoms with Gasteiger partial charge in [-0.2, -0.15) is 0 Å². The lowest BCUT2D eigenvalue weighted by molar-refractivity contribution is -0.126. The van der Waals surface area contributed by atoms with Gasteiger partial charge in [-0.15, -0.1) is 0 Å². The third kappa shape index (κ3) is 5.72. The minimum atomic E-state index is -3.13. The van der Waals surface area contributed by atoms with Crippen LogP contribution in [0.1, 0.15) is 45.4 Å². The van der Waals surface area contributed by atoms with Gasteiger partial charge in [-0.05, 0) is 51.1 Å². The first-order valence-electron chi connectivity index (χ1n) is 8.99. The molecule has 2 aliphatic rings. The first-order chi connectivity index (χ1) is 11.0. The van der Waals surface area contributed by atoms with Crippen LogP contribution < -0.4 is 10.6 Å². The van der Waals surface area contributed by atoms with Crippen molar-refractivity contribution in [3.63, 3.8) is 0 Å². The largest absolute Gasteiger partial charge is 0.356 e. The Bertz CT molecular complexity index is 467. The van der Waals surface area contributed by atoms with Crippen molar-refractivity contribution in [2.24, 2.45) is 11.8 Å². The summed E-state index contributed by atoms with van der Waals surface area (Å²) in [6.45, 7) is 5.84. The lowest BCUT2D eigenvalue weighted by Crippen LogP contribution is -2.44. The second-order valence-corrected chi connectivity index (χ2v) is 8.87. The lowest BCUT2D eigenvalue weighted by Gasteiger charge is -2.30. The second-order valence-electron chi connectivity index (χ2n) is 6.78. The van der Waals surface area contributed by atoms with Crippen molar-refractivity contribution in [3.8, 4) is 0 Å². The molecule has 0 spiro atoms. The molecule has 1 atom stereocenters. The van der Waals surface area contributed by atoms with Crippen LogP contribution in [0.4, 0.5) is 0 Å². The minimum absolute atomic E-state index is 0.0330. The number of amides is 1. The van der Waals surface area contributed by atoms with Crippen molar-refractivity contribution in [1.82, 2.24) is 14.9 Å². The van der Waals surface area contributed by atoms with E-state index >= 15 is 0 Å². The predicted molar refractivity (Wildman–Crippen MR) is 91.6 cm³/mol. The Kier molecular flexibility index (Phi) is 7.30. The van der Waals surface area contributed by atoms with Crippen LogP contribution >= 0.6 is 0 Å². The van der Waals surface area contributed by atoms with Gasteiger partial charge < -0.3 is 10.6 Å². The molecule has 0 aromatic carbocycles. The van der Waals surface area contributed by atoms with Gasteiger partial charge in [0, 0.05) is 25.6 Å². The molecule has 0 aromatic rings. The van der Waals surface area contributed by atoms with Crippen LogP contribution in [0.5, 0.6) is 0 Å². The molecule has 0 radical (unpaired) electrons. The standard InChI is InChI=1S/C16H31N3O3S/c1-2-3-12-23(21,22)19-10-6-15(7-11-19)16(20)18-9-5-14-4-8-17-13-14/h14-15,17H,2-13H2,1H3,(H,18,20). The van der Waals surface area contributed by atoms with Gasteiger partial charge in [0.1, 0.15) is 0 Å². The summed E-state index contributed by atoms with van der Waals surface area (Å²) in [6.07, 6.45) is 5.10. The number of carbonyl (C=O) groups is 1. The van der Waals surface area contributed by atoms with Crippen LogP contribution in [0, 0.1) is 11.8 Å². The number of sulfonamides is 1. The third-order valence-corrected chi connectivity index (χ3v) is 6.94. The molecule has 134 valence electrons. The molecule has 2 fully saturated rings.